The Morgan fingerprint density at radius 1 is 1.06 bits per heavy atom. The summed E-state index contributed by atoms with van der Waals surface area (Å²) in [5, 5.41) is 11.6. The van der Waals surface area contributed by atoms with Crippen LogP contribution in [0.15, 0.2) is 76.1 Å². The lowest BCUT2D eigenvalue weighted by atomic mass is 9.93. The Morgan fingerprint density at radius 2 is 1.76 bits per heavy atom. The number of anilines is 1. The van der Waals surface area contributed by atoms with Gasteiger partial charge >= 0.3 is 6.36 Å². The molecule has 1 aliphatic heterocycles. The van der Waals surface area contributed by atoms with Gasteiger partial charge in [0.1, 0.15) is 5.75 Å². The van der Waals surface area contributed by atoms with E-state index in [9.17, 15) is 31.7 Å². The highest BCUT2D eigenvalue weighted by molar-refractivity contribution is 9.10. The lowest BCUT2D eigenvalue weighted by molar-refractivity contribution is -0.387. The molecule has 3 aromatic carbocycles. The molecule has 0 saturated heterocycles. The number of rotatable bonds is 5. The molecule has 0 spiro atoms. The summed E-state index contributed by atoms with van der Waals surface area (Å²) < 4.78 is 71.8. The Morgan fingerprint density at radius 3 is 2.47 bits per heavy atom. The van der Waals surface area contributed by atoms with Gasteiger partial charge in [-0.1, -0.05) is 46.3 Å². The zero-order valence-corrected chi connectivity index (χ0v) is 19.6. The van der Waals surface area contributed by atoms with Crippen LogP contribution >= 0.6 is 15.9 Å². The zero-order chi connectivity index (χ0) is 24.7. The number of hydrogen-bond acceptors (Lipinski definition) is 5. The van der Waals surface area contributed by atoms with Crippen LogP contribution in [0, 0.1) is 10.1 Å². The van der Waals surface area contributed by atoms with E-state index in [0.717, 1.165) is 28.6 Å². The fourth-order valence-electron chi connectivity index (χ4n) is 4.02. The third-order valence-corrected chi connectivity index (χ3v) is 7.97. The molecule has 0 N–H and O–H groups in total. The monoisotopic (exact) mass is 556 g/mol. The predicted molar refractivity (Wildman–Crippen MR) is 121 cm³/mol. The standard InChI is InChI=1S/C22H16BrF3N2O5S/c23-17-7-4-9-19-16(17)11-12-18(14-5-3-6-15(13-14)33-22(24,25)26)27(19)34(31,32)21-10-2-1-8-20(21)28(29)30/h1-10,13,18H,11-12H2. The van der Waals surface area contributed by atoms with Crippen LogP contribution in [0.5, 0.6) is 5.75 Å². The molecule has 7 nitrogen and oxygen atoms in total. The number of benzene rings is 3. The van der Waals surface area contributed by atoms with E-state index in [2.05, 4.69) is 20.7 Å². The summed E-state index contributed by atoms with van der Waals surface area (Å²) in [5.74, 6) is -0.493. The van der Waals surface area contributed by atoms with Crippen LogP contribution in [0.25, 0.3) is 0 Å². The first-order valence-electron chi connectivity index (χ1n) is 9.90. The van der Waals surface area contributed by atoms with Gasteiger partial charge in [-0.05, 0) is 54.3 Å². The Kier molecular flexibility index (Phi) is 6.30. The van der Waals surface area contributed by atoms with Gasteiger partial charge in [-0.2, -0.15) is 0 Å². The quantitative estimate of drug-likeness (QED) is 0.278. The Balaban J connectivity index is 1.91. The minimum absolute atomic E-state index is 0.227. The van der Waals surface area contributed by atoms with Gasteiger partial charge in [-0.3, -0.25) is 14.4 Å². The Bertz CT molecular complexity index is 1360. The van der Waals surface area contributed by atoms with Crippen molar-refractivity contribution in [2.75, 3.05) is 4.31 Å². The fourth-order valence-corrected chi connectivity index (χ4v) is 6.43. The van der Waals surface area contributed by atoms with Crippen molar-refractivity contribution in [3.63, 3.8) is 0 Å². The normalized spacial score (nSPS) is 16.1. The van der Waals surface area contributed by atoms with Gasteiger partial charge in [0.2, 0.25) is 0 Å². The largest absolute Gasteiger partial charge is 0.573 e. The van der Waals surface area contributed by atoms with Crippen molar-refractivity contribution < 1.29 is 31.2 Å². The second-order valence-electron chi connectivity index (χ2n) is 7.44. The number of sulfonamides is 1. The van der Waals surface area contributed by atoms with Gasteiger partial charge in [0.05, 0.1) is 16.7 Å². The molecule has 0 fully saturated rings. The second kappa shape index (κ2) is 8.91. The topological polar surface area (TPSA) is 89.8 Å². The van der Waals surface area contributed by atoms with Gasteiger partial charge in [0.25, 0.3) is 15.7 Å². The van der Waals surface area contributed by atoms with Crippen molar-refractivity contribution in [3.8, 4) is 5.75 Å². The molecule has 3 aromatic rings. The molecule has 1 atom stereocenters. The van der Waals surface area contributed by atoms with E-state index in [4.69, 9.17) is 0 Å². The van der Waals surface area contributed by atoms with E-state index in [0.29, 0.717) is 16.5 Å². The van der Waals surface area contributed by atoms with E-state index in [1.807, 2.05) is 0 Å². The first-order valence-corrected chi connectivity index (χ1v) is 12.1. The van der Waals surface area contributed by atoms with Crippen LogP contribution in [0.2, 0.25) is 0 Å². The molecule has 34 heavy (non-hydrogen) atoms. The van der Waals surface area contributed by atoms with Crippen molar-refractivity contribution in [2.24, 2.45) is 0 Å². The Labute approximate surface area is 201 Å². The average Bonchev–Trinajstić information content (AvgIpc) is 2.77. The highest BCUT2D eigenvalue weighted by atomic mass is 79.9. The highest BCUT2D eigenvalue weighted by Gasteiger charge is 2.41. The van der Waals surface area contributed by atoms with Gasteiger partial charge < -0.3 is 4.74 Å². The summed E-state index contributed by atoms with van der Waals surface area (Å²) in [4.78, 5) is 10.3. The summed E-state index contributed by atoms with van der Waals surface area (Å²) in [7, 11) is -4.51. The molecule has 0 amide bonds. The smallest absolute Gasteiger partial charge is 0.406 e. The van der Waals surface area contributed by atoms with Gasteiger partial charge in [0.15, 0.2) is 4.90 Å². The first kappa shape index (κ1) is 24.0. The van der Waals surface area contributed by atoms with Gasteiger partial charge in [-0.25, -0.2) is 8.42 Å². The van der Waals surface area contributed by atoms with E-state index < -0.39 is 43.7 Å². The summed E-state index contributed by atoms with van der Waals surface area (Å²) in [6.45, 7) is 0. The number of halogens is 4. The number of fused-ring (bicyclic) bond motifs is 1. The van der Waals surface area contributed by atoms with E-state index in [1.165, 1.54) is 24.3 Å². The van der Waals surface area contributed by atoms with Crippen molar-refractivity contribution in [1.29, 1.82) is 0 Å². The molecule has 4 rings (SSSR count). The molecule has 0 saturated carbocycles. The number of nitro groups is 1. The summed E-state index contributed by atoms with van der Waals surface area (Å²) in [6.07, 6.45) is -4.27. The van der Waals surface area contributed by atoms with Crippen LogP contribution in [0.3, 0.4) is 0 Å². The number of ether oxygens (including phenoxy) is 1. The molecule has 1 heterocycles. The molecule has 12 heteroatoms. The van der Waals surface area contributed by atoms with Crippen molar-refractivity contribution >= 4 is 37.3 Å². The maximum Gasteiger partial charge on any atom is 0.573 e. The minimum Gasteiger partial charge on any atom is -0.406 e. The molecule has 178 valence electrons. The molecule has 0 bridgehead atoms. The lowest BCUT2D eigenvalue weighted by Crippen LogP contribution is -2.38. The highest BCUT2D eigenvalue weighted by Crippen LogP contribution is 2.46. The first-order chi connectivity index (χ1) is 16.0. The van der Waals surface area contributed by atoms with Crippen LogP contribution in [0.4, 0.5) is 24.5 Å². The van der Waals surface area contributed by atoms with Crippen molar-refractivity contribution in [1.82, 2.24) is 0 Å². The molecule has 0 aliphatic carbocycles. The third kappa shape index (κ3) is 4.60. The molecule has 0 aromatic heterocycles. The van der Waals surface area contributed by atoms with Crippen LogP contribution < -0.4 is 9.04 Å². The number of nitro benzene ring substituents is 1. The molecule has 1 aliphatic rings. The summed E-state index contributed by atoms with van der Waals surface area (Å²) in [6, 6.07) is 14.0. The summed E-state index contributed by atoms with van der Waals surface area (Å²) in [5.41, 5.74) is 0.613. The van der Waals surface area contributed by atoms with Crippen molar-refractivity contribution in [3.05, 3.63) is 92.4 Å². The van der Waals surface area contributed by atoms with E-state index >= 15 is 0 Å². The second-order valence-corrected chi connectivity index (χ2v) is 10.1. The molecule has 1 unspecified atom stereocenters. The number of nitrogens with zero attached hydrogens (tertiary/aromatic N) is 2. The lowest BCUT2D eigenvalue weighted by Gasteiger charge is -2.38. The maximum atomic E-state index is 13.9. The van der Waals surface area contributed by atoms with Crippen LogP contribution in [-0.4, -0.2) is 19.7 Å². The zero-order valence-electron chi connectivity index (χ0n) is 17.2. The molecule has 0 radical (unpaired) electrons. The minimum atomic E-state index is -4.92. The average molecular weight is 557 g/mol. The van der Waals surface area contributed by atoms with Gasteiger partial charge in [-0.15, -0.1) is 13.2 Å². The third-order valence-electron chi connectivity index (χ3n) is 5.36. The predicted octanol–water partition coefficient (Wildman–Crippen LogP) is 6.14. The summed E-state index contributed by atoms with van der Waals surface area (Å²) >= 11 is 3.42. The number of alkyl halides is 3. The van der Waals surface area contributed by atoms with Crippen molar-refractivity contribution in [2.45, 2.75) is 30.1 Å². The van der Waals surface area contributed by atoms with Crippen LogP contribution in [0.1, 0.15) is 23.6 Å². The van der Waals surface area contributed by atoms with Gasteiger partial charge in [0, 0.05) is 10.5 Å². The maximum absolute atomic E-state index is 13.9. The van der Waals surface area contributed by atoms with E-state index in [-0.39, 0.29) is 17.7 Å². The molecular weight excluding hydrogens is 541 g/mol. The number of para-hydroxylation sites is 1. The fraction of sp³-hybridized carbons (Fsp3) is 0.182. The number of hydrogen-bond donors (Lipinski definition) is 0. The molecular formula is C22H16BrF3N2O5S. The SMILES string of the molecule is O=[N+]([O-])c1ccccc1S(=O)(=O)N1c2cccc(Br)c2CCC1c1cccc(OC(F)(F)F)c1. The van der Waals surface area contributed by atoms with E-state index in [1.54, 1.807) is 18.2 Å². The Hall–Kier alpha value is -3.12. The van der Waals surface area contributed by atoms with Crippen LogP contribution in [-0.2, 0) is 16.4 Å².